The highest BCUT2D eigenvalue weighted by molar-refractivity contribution is 6.30. The number of amidine groups is 1. The Bertz CT molecular complexity index is 1590. The molecule has 0 aliphatic carbocycles. The average Bonchev–Trinajstić information content (AvgIpc) is 3.27. The van der Waals surface area contributed by atoms with Gasteiger partial charge in [-0.1, -0.05) is 74.3 Å². The van der Waals surface area contributed by atoms with E-state index in [0.29, 0.717) is 41.3 Å². The van der Waals surface area contributed by atoms with Gasteiger partial charge in [0.1, 0.15) is 22.7 Å². The van der Waals surface area contributed by atoms with Gasteiger partial charge in [-0.15, -0.1) is 0 Å². The van der Waals surface area contributed by atoms with Crippen molar-refractivity contribution in [2.24, 2.45) is 4.99 Å². The number of benzene rings is 3. The molecule has 2 amide bonds. The highest BCUT2D eigenvalue weighted by Crippen LogP contribution is 2.54. The fourth-order valence-corrected chi connectivity index (χ4v) is 6.87. The molecule has 1 fully saturated rings. The van der Waals surface area contributed by atoms with Crippen molar-refractivity contribution in [1.29, 1.82) is 0 Å². The summed E-state index contributed by atoms with van der Waals surface area (Å²) in [4.78, 5) is 26.9. The van der Waals surface area contributed by atoms with E-state index in [9.17, 15) is 0 Å². The maximum absolute atomic E-state index is 15.1. The normalized spacial score (nSPS) is 22.1. The summed E-state index contributed by atoms with van der Waals surface area (Å²) in [7, 11) is 1.72. The van der Waals surface area contributed by atoms with Gasteiger partial charge >= 0.3 is 6.03 Å². The smallest absolute Gasteiger partial charge is 0.326 e. The molecular weight excluding hydrogens is 631 g/mol. The number of carbonyl (C=O) groups excluding carboxylic acids is 1. The Morgan fingerprint density at radius 1 is 0.894 bits per heavy atom. The summed E-state index contributed by atoms with van der Waals surface area (Å²) in [6.07, 6.45) is -0.0828. The van der Waals surface area contributed by atoms with Gasteiger partial charge in [-0.3, -0.25) is 14.8 Å². The van der Waals surface area contributed by atoms with Crippen LogP contribution in [0.2, 0.25) is 10.0 Å². The number of piperazine rings is 1. The first-order valence-electron chi connectivity index (χ1n) is 16.4. The number of rotatable bonds is 8. The Labute approximate surface area is 290 Å². The monoisotopic (exact) mass is 678 g/mol. The lowest BCUT2D eigenvalue weighted by Crippen LogP contribution is -2.60. The number of methoxy groups -OCH3 is 1. The number of ether oxygens (including phenoxy) is 2. The largest absolute Gasteiger partial charge is 0.490 e. The summed E-state index contributed by atoms with van der Waals surface area (Å²) in [5, 5.41) is 1.26. The van der Waals surface area contributed by atoms with E-state index in [4.69, 9.17) is 37.7 Å². The Balaban J connectivity index is 1.73. The van der Waals surface area contributed by atoms with E-state index in [0.717, 1.165) is 41.9 Å². The van der Waals surface area contributed by atoms with Gasteiger partial charge in [0.2, 0.25) is 0 Å². The number of aliphatic imine (C=N–C) groups is 1. The second-order valence-electron chi connectivity index (χ2n) is 14.2. The molecule has 9 heteroatoms. The highest BCUT2D eigenvalue weighted by atomic mass is 35.5. The lowest BCUT2D eigenvalue weighted by Gasteiger charge is -2.47. The Morgan fingerprint density at radius 3 is 2.00 bits per heavy atom. The van der Waals surface area contributed by atoms with Crippen LogP contribution in [-0.2, 0) is 21.2 Å². The zero-order valence-corrected chi connectivity index (χ0v) is 30.5. The first-order chi connectivity index (χ1) is 22.2. The number of nitrogens with zero attached hydrogens (tertiary/aromatic N) is 4. The molecule has 252 valence electrons. The maximum atomic E-state index is 15.1. The lowest BCUT2D eigenvalue weighted by atomic mass is 9.71. The second kappa shape index (κ2) is 13.8. The molecule has 0 radical (unpaired) electrons. The first kappa shape index (κ1) is 35.2. The lowest BCUT2D eigenvalue weighted by molar-refractivity contribution is 0.0771. The second-order valence-corrected chi connectivity index (χ2v) is 15.0. The minimum atomic E-state index is -0.956. The summed E-state index contributed by atoms with van der Waals surface area (Å²) in [6, 6.07) is 21.8. The van der Waals surface area contributed by atoms with Crippen LogP contribution in [0, 0.1) is 0 Å². The van der Waals surface area contributed by atoms with E-state index < -0.39 is 11.1 Å². The molecule has 0 spiro atoms. The molecule has 7 nitrogen and oxygen atoms in total. The third-order valence-electron chi connectivity index (χ3n) is 9.65. The minimum absolute atomic E-state index is 0.0828. The number of halogens is 2. The molecule has 2 aliphatic rings. The van der Waals surface area contributed by atoms with Crippen LogP contribution in [-0.4, -0.2) is 79.1 Å². The van der Waals surface area contributed by atoms with Crippen molar-refractivity contribution in [3.63, 3.8) is 0 Å². The third kappa shape index (κ3) is 6.91. The molecule has 3 aromatic rings. The average molecular weight is 680 g/mol. The predicted molar refractivity (Wildman–Crippen MR) is 192 cm³/mol. The van der Waals surface area contributed by atoms with Crippen molar-refractivity contribution < 1.29 is 14.3 Å². The van der Waals surface area contributed by atoms with Gasteiger partial charge < -0.3 is 14.4 Å². The van der Waals surface area contributed by atoms with Crippen molar-refractivity contribution in [3.05, 3.63) is 99.0 Å². The number of hydrogen-bond donors (Lipinski definition) is 0. The fourth-order valence-electron chi connectivity index (χ4n) is 6.62. The van der Waals surface area contributed by atoms with Crippen molar-refractivity contribution >= 4 is 35.1 Å². The summed E-state index contributed by atoms with van der Waals surface area (Å²) in [6.45, 7) is 19.0. The van der Waals surface area contributed by atoms with Crippen molar-refractivity contribution in [2.45, 2.75) is 71.1 Å². The molecule has 0 saturated carbocycles. The molecular formula is C38H48Cl2N4O3. The van der Waals surface area contributed by atoms with Gasteiger partial charge in [-0.2, -0.15) is 0 Å². The highest BCUT2D eigenvalue weighted by Gasteiger charge is 2.60. The van der Waals surface area contributed by atoms with Crippen molar-refractivity contribution in [3.8, 4) is 5.75 Å². The maximum Gasteiger partial charge on any atom is 0.326 e. The zero-order chi connectivity index (χ0) is 34.1. The van der Waals surface area contributed by atoms with Crippen LogP contribution in [0.1, 0.15) is 70.7 Å². The van der Waals surface area contributed by atoms with Gasteiger partial charge in [0.05, 0.1) is 18.3 Å². The minimum Gasteiger partial charge on any atom is -0.490 e. The predicted octanol–water partition coefficient (Wildman–Crippen LogP) is 8.36. The molecule has 2 aliphatic heterocycles. The molecule has 3 aromatic carbocycles. The first-order valence-corrected chi connectivity index (χ1v) is 17.2. The molecule has 1 saturated heterocycles. The van der Waals surface area contributed by atoms with Crippen molar-refractivity contribution in [2.75, 3.05) is 46.4 Å². The zero-order valence-electron chi connectivity index (χ0n) is 28.9. The molecule has 2 heterocycles. The summed E-state index contributed by atoms with van der Waals surface area (Å²) < 4.78 is 11.8. The third-order valence-corrected chi connectivity index (χ3v) is 10.2. The van der Waals surface area contributed by atoms with Crippen LogP contribution < -0.4 is 4.74 Å². The summed E-state index contributed by atoms with van der Waals surface area (Å²) in [5.41, 5.74) is 1.81. The van der Waals surface area contributed by atoms with Crippen LogP contribution in [0.3, 0.4) is 0 Å². The number of carbonyl (C=O) groups is 1. The van der Waals surface area contributed by atoms with E-state index in [1.54, 1.807) is 7.11 Å². The molecule has 0 bridgehead atoms. The van der Waals surface area contributed by atoms with E-state index in [1.807, 2.05) is 72.2 Å². The molecule has 5 rings (SSSR count). The van der Waals surface area contributed by atoms with Gasteiger partial charge in [0.15, 0.2) is 0 Å². The van der Waals surface area contributed by atoms with Gasteiger partial charge in [-0.05, 0) is 86.2 Å². The van der Waals surface area contributed by atoms with Crippen LogP contribution in [0.5, 0.6) is 5.75 Å². The Kier molecular flexibility index (Phi) is 10.3. The van der Waals surface area contributed by atoms with E-state index >= 15 is 4.79 Å². The van der Waals surface area contributed by atoms with E-state index in [2.05, 4.69) is 57.7 Å². The van der Waals surface area contributed by atoms with E-state index in [-0.39, 0.29) is 17.6 Å². The number of amides is 2. The number of hydrogen-bond acceptors (Lipinski definition) is 5. The Hall–Kier alpha value is -3.10. The quantitative estimate of drug-likeness (QED) is 0.240. The van der Waals surface area contributed by atoms with E-state index in [1.165, 1.54) is 0 Å². The number of urea groups is 1. The Morgan fingerprint density at radius 2 is 1.47 bits per heavy atom. The summed E-state index contributed by atoms with van der Waals surface area (Å²) in [5.74, 6) is 1.27. The van der Waals surface area contributed by atoms with Crippen molar-refractivity contribution in [1.82, 2.24) is 14.7 Å². The molecule has 47 heavy (non-hydrogen) atoms. The molecule has 0 N–H and O–H groups in total. The fraction of sp³-hybridized carbons (Fsp3) is 0.474. The molecule has 2 unspecified atom stereocenters. The standard InChI is InChI=1S/C38H48Cl2N4O3/c1-26(2)47-33-25-29(36(3,4)5)13-18-32(33)34-41-37(6,27-9-14-30(39)15-10-27)38(7,28-11-16-31(40)17-12-28)44(34)35(45)43-21-19-42(20-22-43)23-24-46-8/h9-18,25-26H,19-24H2,1-8H3. The van der Waals surface area contributed by atoms with Gasteiger partial charge in [-0.25, -0.2) is 4.79 Å². The molecule has 0 aromatic heterocycles. The van der Waals surface area contributed by atoms with Gasteiger partial charge in [0, 0.05) is 49.9 Å². The van der Waals surface area contributed by atoms with Crippen LogP contribution in [0.4, 0.5) is 4.79 Å². The van der Waals surface area contributed by atoms with Crippen LogP contribution >= 0.6 is 23.2 Å². The SMILES string of the molecule is COCCN1CCN(C(=O)N2C(c3ccc(C(C)(C)C)cc3OC(C)C)=NC(C)(c3ccc(Cl)cc3)C2(C)c2ccc(Cl)cc2)CC1. The molecule has 2 atom stereocenters. The van der Waals surface area contributed by atoms with Crippen LogP contribution in [0.15, 0.2) is 71.7 Å². The van der Waals surface area contributed by atoms with Gasteiger partial charge in [0.25, 0.3) is 0 Å². The van der Waals surface area contributed by atoms with Crippen LogP contribution in [0.25, 0.3) is 0 Å². The summed E-state index contributed by atoms with van der Waals surface area (Å²) >= 11 is 12.8. The topological polar surface area (TPSA) is 57.6 Å².